The van der Waals surface area contributed by atoms with Crippen molar-refractivity contribution in [3.8, 4) is 0 Å². The molecule has 4 saturated carbocycles. The first-order valence-electron chi connectivity index (χ1n) is 9.27. The summed E-state index contributed by atoms with van der Waals surface area (Å²) in [5.41, 5.74) is -0.951. The van der Waals surface area contributed by atoms with Gasteiger partial charge in [0.25, 0.3) is 0 Å². The van der Waals surface area contributed by atoms with Gasteiger partial charge in [-0.15, -0.1) is 0 Å². The SMILES string of the molecule is C[C@@]1(O)CC[C@H]2[C@H](CC[C@@H]3[C@@H]2C[C@@H](O)[C@]2(C)C(=O)CC[C@@H]32)C1. The lowest BCUT2D eigenvalue weighted by atomic mass is 9.49. The second-order valence-corrected chi connectivity index (χ2v) is 9.17. The molecule has 0 aromatic rings. The number of Topliss-reactive ketones (excluding diaryl/α,β-unsaturated/α-hetero) is 1. The average Bonchev–Trinajstić information content (AvgIpc) is 2.76. The Hall–Kier alpha value is -0.410. The van der Waals surface area contributed by atoms with Crippen molar-refractivity contribution in [3.63, 3.8) is 0 Å². The minimum absolute atomic E-state index is 0.303. The van der Waals surface area contributed by atoms with Crippen molar-refractivity contribution in [1.29, 1.82) is 0 Å². The van der Waals surface area contributed by atoms with Crippen LogP contribution in [0.4, 0.5) is 0 Å². The van der Waals surface area contributed by atoms with Gasteiger partial charge in [-0.1, -0.05) is 0 Å². The number of hydrogen-bond acceptors (Lipinski definition) is 3. The van der Waals surface area contributed by atoms with E-state index in [1.165, 1.54) is 12.8 Å². The molecule has 4 fully saturated rings. The Bertz CT molecular complexity index is 485. The van der Waals surface area contributed by atoms with E-state index in [4.69, 9.17) is 0 Å². The lowest BCUT2D eigenvalue weighted by Crippen LogP contribution is -2.55. The molecule has 0 amide bonds. The molecular formula is C19H30O3. The molecule has 3 heteroatoms. The number of aliphatic hydroxyl groups excluding tert-OH is 1. The summed E-state index contributed by atoms with van der Waals surface area (Å²) >= 11 is 0. The van der Waals surface area contributed by atoms with Crippen LogP contribution in [0, 0.1) is 35.0 Å². The first kappa shape index (κ1) is 15.1. The van der Waals surface area contributed by atoms with E-state index in [9.17, 15) is 15.0 Å². The fourth-order valence-corrected chi connectivity index (χ4v) is 6.86. The lowest BCUT2D eigenvalue weighted by Gasteiger charge is -2.57. The van der Waals surface area contributed by atoms with Gasteiger partial charge in [-0.05, 0) is 88.4 Å². The normalized spacial score (nSPS) is 57.9. The predicted octanol–water partition coefficient (Wildman–Crippen LogP) is 2.93. The highest BCUT2D eigenvalue weighted by Gasteiger charge is 2.61. The summed E-state index contributed by atoms with van der Waals surface area (Å²) < 4.78 is 0. The van der Waals surface area contributed by atoms with Gasteiger partial charge in [0.1, 0.15) is 5.78 Å². The van der Waals surface area contributed by atoms with Crippen molar-refractivity contribution in [3.05, 3.63) is 0 Å². The number of hydrogen-bond donors (Lipinski definition) is 2. The maximum Gasteiger partial charge on any atom is 0.141 e. The van der Waals surface area contributed by atoms with E-state index in [2.05, 4.69) is 0 Å². The van der Waals surface area contributed by atoms with Crippen LogP contribution in [-0.4, -0.2) is 27.7 Å². The average molecular weight is 306 g/mol. The Labute approximate surface area is 133 Å². The van der Waals surface area contributed by atoms with Crippen LogP contribution in [0.1, 0.15) is 65.2 Å². The second-order valence-electron chi connectivity index (χ2n) is 9.17. The lowest BCUT2D eigenvalue weighted by molar-refractivity contribution is -0.155. The van der Waals surface area contributed by atoms with Crippen LogP contribution in [0.2, 0.25) is 0 Å². The maximum absolute atomic E-state index is 12.4. The Balaban J connectivity index is 1.61. The highest BCUT2D eigenvalue weighted by atomic mass is 16.3. The van der Waals surface area contributed by atoms with Crippen LogP contribution in [-0.2, 0) is 4.79 Å². The van der Waals surface area contributed by atoms with Crippen molar-refractivity contribution < 1.29 is 15.0 Å². The highest BCUT2D eigenvalue weighted by molar-refractivity contribution is 5.87. The topological polar surface area (TPSA) is 57.5 Å². The van der Waals surface area contributed by atoms with E-state index >= 15 is 0 Å². The Morgan fingerprint density at radius 2 is 1.82 bits per heavy atom. The fourth-order valence-electron chi connectivity index (χ4n) is 6.86. The zero-order valence-corrected chi connectivity index (χ0v) is 13.9. The van der Waals surface area contributed by atoms with Gasteiger partial charge in [0.15, 0.2) is 0 Å². The quantitative estimate of drug-likeness (QED) is 0.723. The predicted molar refractivity (Wildman–Crippen MR) is 84.1 cm³/mol. The third-order valence-electron chi connectivity index (χ3n) is 8.05. The molecule has 0 saturated heterocycles. The molecule has 22 heavy (non-hydrogen) atoms. The summed E-state index contributed by atoms with van der Waals surface area (Å²) in [6, 6.07) is 0. The molecule has 0 spiro atoms. The monoisotopic (exact) mass is 306 g/mol. The molecule has 4 rings (SSSR count). The summed E-state index contributed by atoms with van der Waals surface area (Å²) in [6.45, 7) is 4.02. The van der Waals surface area contributed by atoms with Gasteiger partial charge < -0.3 is 10.2 Å². The van der Waals surface area contributed by atoms with E-state index < -0.39 is 17.1 Å². The molecule has 4 aliphatic rings. The van der Waals surface area contributed by atoms with E-state index in [0.717, 1.165) is 32.1 Å². The van der Waals surface area contributed by atoms with Crippen LogP contribution >= 0.6 is 0 Å². The molecule has 124 valence electrons. The molecule has 0 aromatic heterocycles. The Morgan fingerprint density at radius 3 is 2.59 bits per heavy atom. The van der Waals surface area contributed by atoms with Crippen LogP contribution in [0.3, 0.4) is 0 Å². The standard InChI is InChI=1S/C19H30O3/c1-18(22)8-7-12-11(10-18)3-4-13-14(12)9-17(21)19(2)15(13)5-6-16(19)20/h11-15,17,21-22H,3-10H2,1-2H3/t11-,12+,13-,14-,15+,17-,18-,19+/m1/s1. The van der Waals surface area contributed by atoms with E-state index in [0.29, 0.717) is 41.8 Å². The van der Waals surface area contributed by atoms with Crippen molar-refractivity contribution in [2.45, 2.75) is 76.9 Å². The van der Waals surface area contributed by atoms with Crippen LogP contribution in [0.5, 0.6) is 0 Å². The largest absolute Gasteiger partial charge is 0.392 e. The third kappa shape index (κ3) is 1.97. The zero-order chi connectivity index (χ0) is 15.7. The number of carbonyl (C=O) groups excluding carboxylic acids is 1. The number of carbonyl (C=O) groups is 1. The summed E-state index contributed by atoms with van der Waals surface area (Å²) in [5.74, 6) is 3.19. The van der Waals surface area contributed by atoms with E-state index in [1.807, 2.05) is 13.8 Å². The summed E-state index contributed by atoms with van der Waals surface area (Å²) in [4.78, 5) is 12.4. The fraction of sp³-hybridized carbons (Fsp3) is 0.947. The molecular weight excluding hydrogens is 276 g/mol. The van der Waals surface area contributed by atoms with Crippen molar-refractivity contribution in [1.82, 2.24) is 0 Å². The van der Waals surface area contributed by atoms with Crippen molar-refractivity contribution >= 4 is 5.78 Å². The van der Waals surface area contributed by atoms with Gasteiger partial charge in [0.2, 0.25) is 0 Å². The number of rotatable bonds is 0. The van der Waals surface area contributed by atoms with Gasteiger partial charge in [-0.25, -0.2) is 0 Å². The van der Waals surface area contributed by atoms with Crippen molar-refractivity contribution in [2.75, 3.05) is 0 Å². The summed E-state index contributed by atoms with van der Waals surface area (Å²) in [5, 5.41) is 21.2. The molecule has 3 nitrogen and oxygen atoms in total. The van der Waals surface area contributed by atoms with Gasteiger partial charge >= 0.3 is 0 Å². The van der Waals surface area contributed by atoms with Crippen LogP contribution < -0.4 is 0 Å². The molecule has 0 radical (unpaired) electrons. The molecule has 4 aliphatic carbocycles. The van der Waals surface area contributed by atoms with E-state index in [-0.39, 0.29) is 0 Å². The number of aliphatic hydroxyl groups is 2. The highest BCUT2D eigenvalue weighted by Crippen LogP contribution is 2.61. The molecule has 2 N–H and O–H groups in total. The van der Waals surface area contributed by atoms with Crippen LogP contribution in [0.15, 0.2) is 0 Å². The number of ketones is 1. The van der Waals surface area contributed by atoms with Gasteiger partial charge in [0.05, 0.1) is 17.1 Å². The molecule has 8 atom stereocenters. The minimum Gasteiger partial charge on any atom is -0.392 e. The number of fused-ring (bicyclic) bond motifs is 5. The molecule has 0 bridgehead atoms. The zero-order valence-electron chi connectivity index (χ0n) is 13.9. The van der Waals surface area contributed by atoms with Gasteiger partial charge in [0, 0.05) is 6.42 Å². The minimum atomic E-state index is -0.487. The molecule has 0 aromatic carbocycles. The molecule has 0 aliphatic heterocycles. The first-order chi connectivity index (χ1) is 10.3. The smallest absolute Gasteiger partial charge is 0.141 e. The third-order valence-corrected chi connectivity index (χ3v) is 8.05. The van der Waals surface area contributed by atoms with Crippen molar-refractivity contribution in [2.24, 2.45) is 35.0 Å². The maximum atomic E-state index is 12.4. The Kier molecular flexibility index (Phi) is 3.30. The Morgan fingerprint density at radius 1 is 1.05 bits per heavy atom. The van der Waals surface area contributed by atoms with E-state index in [1.54, 1.807) is 0 Å². The second kappa shape index (κ2) is 4.80. The molecule has 0 unspecified atom stereocenters. The summed E-state index contributed by atoms with van der Waals surface area (Å²) in [6.07, 6.45) is 7.35. The first-order valence-corrected chi connectivity index (χ1v) is 9.27. The summed E-state index contributed by atoms with van der Waals surface area (Å²) in [7, 11) is 0. The molecule has 0 heterocycles. The van der Waals surface area contributed by atoms with Gasteiger partial charge in [-0.3, -0.25) is 4.79 Å². The van der Waals surface area contributed by atoms with Gasteiger partial charge in [-0.2, -0.15) is 0 Å². The van der Waals surface area contributed by atoms with Crippen LogP contribution in [0.25, 0.3) is 0 Å².